The van der Waals surface area contributed by atoms with E-state index in [-0.39, 0.29) is 0 Å². The summed E-state index contributed by atoms with van der Waals surface area (Å²) >= 11 is 5.86. The molecule has 3 heteroatoms. The lowest BCUT2D eigenvalue weighted by atomic mass is 10.1. The van der Waals surface area contributed by atoms with Crippen molar-refractivity contribution in [3.05, 3.63) is 58.6 Å². The molecule has 2 aromatic carbocycles. The van der Waals surface area contributed by atoms with Crippen molar-refractivity contribution in [1.82, 2.24) is 0 Å². The highest BCUT2D eigenvalue weighted by Crippen LogP contribution is 2.22. The quantitative estimate of drug-likeness (QED) is 0.888. The molecule has 0 radical (unpaired) electrons. The minimum absolute atomic E-state index is 0.760. The lowest BCUT2D eigenvalue weighted by Crippen LogP contribution is -2.01. The van der Waals surface area contributed by atoms with Crippen molar-refractivity contribution in [3.63, 3.8) is 0 Å². The summed E-state index contributed by atoms with van der Waals surface area (Å²) in [6.07, 6.45) is 0. The molecule has 18 heavy (non-hydrogen) atoms. The highest BCUT2D eigenvalue weighted by molar-refractivity contribution is 6.30. The first-order valence-corrected chi connectivity index (χ1v) is 6.20. The van der Waals surface area contributed by atoms with Gasteiger partial charge in [0, 0.05) is 23.3 Å². The van der Waals surface area contributed by atoms with E-state index in [4.69, 9.17) is 16.3 Å². The third-order valence-corrected chi connectivity index (χ3v) is 3.09. The molecule has 0 spiro atoms. The van der Waals surface area contributed by atoms with Gasteiger partial charge in [0.25, 0.3) is 0 Å². The first kappa shape index (κ1) is 12.8. The molecule has 1 N–H and O–H groups in total. The Morgan fingerprint density at radius 2 is 1.83 bits per heavy atom. The van der Waals surface area contributed by atoms with Gasteiger partial charge >= 0.3 is 0 Å². The Balaban J connectivity index is 2.07. The van der Waals surface area contributed by atoms with Gasteiger partial charge in [0.1, 0.15) is 5.75 Å². The number of aryl methyl sites for hydroxylation is 1. The fourth-order valence-corrected chi connectivity index (χ4v) is 1.84. The van der Waals surface area contributed by atoms with Crippen molar-refractivity contribution in [2.24, 2.45) is 0 Å². The largest absolute Gasteiger partial charge is 0.497 e. The van der Waals surface area contributed by atoms with Crippen LogP contribution >= 0.6 is 11.6 Å². The summed E-state index contributed by atoms with van der Waals surface area (Å²) in [6.45, 7) is 2.84. The van der Waals surface area contributed by atoms with Gasteiger partial charge in [-0.3, -0.25) is 0 Å². The van der Waals surface area contributed by atoms with E-state index in [1.165, 1.54) is 11.1 Å². The molecule has 0 aromatic heterocycles. The number of halogens is 1. The smallest absolute Gasteiger partial charge is 0.120 e. The Morgan fingerprint density at radius 3 is 2.50 bits per heavy atom. The zero-order valence-electron chi connectivity index (χ0n) is 10.5. The molecule has 0 aliphatic rings. The van der Waals surface area contributed by atoms with Crippen molar-refractivity contribution < 1.29 is 4.74 Å². The summed E-state index contributed by atoms with van der Waals surface area (Å²) in [6, 6.07) is 13.8. The monoisotopic (exact) mass is 261 g/mol. The summed E-state index contributed by atoms with van der Waals surface area (Å²) in [5.74, 6) is 0.860. The van der Waals surface area contributed by atoms with Crippen molar-refractivity contribution >= 4 is 17.3 Å². The molecule has 0 saturated carbocycles. The van der Waals surface area contributed by atoms with E-state index in [2.05, 4.69) is 12.2 Å². The van der Waals surface area contributed by atoms with Crippen molar-refractivity contribution in [2.75, 3.05) is 12.4 Å². The first-order valence-electron chi connectivity index (χ1n) is 5.82. The summed E-state index contributed by atoms with van der Waals surface area (Å²) in [7, 11) is 1.67. The lowest BCUT2D eigenvalue weighted by molar-refractivity contribution is 0.415. The Kier molecular flexibility index (Phi) is 4.11. The lowest BCUT2D eigenvalue weighted by Gasteiger charge is -2.11. The van der Waals surface area contributed by atoms with Gasteiger partial charge in [-0.1, -0.05) is 29.8 Å². The first-order chi connectivity index (χ1) is 8.69. The van der Waals surface area contributed by atoms with Crippen LogP contribution in [0.2, 0.25) is 5.02 Å². The van der Waals surface area contributed by atoms with Gasteiger partial charge in [-0.2, -0.15) is 0 Å². The maximum Gasteiger partial charge on any atom is 0.120 e. The summed E-state index contributed by atoms with van der Waals surface area (Å²) < 4.78 is 5.22. The van der Waals surface area contributed by atoms with Crippen LogP contribution in [-0.4, -0.2) is 7.11 Å². The van der Waals surface area contributed by atoms with E-state index in [0.29, 0.717) is 0 Å². The van der Waals surface area contributed by atoms with Gasteiger partial charge in [0.15, 0.2) is 0 Å². The average molecular weight is 262 g/mol. The SMILES string of the molecule is COc1ccc(C)c(NCc2ccc(Cl)cc2)c1. The van der Waals surface area contributed by atoms with Crippen LogP contribution in [0.25, 0.3) is 0 Å². The number of anilines is 1. The van der Waals surface area contributed by atoms with Gasteiger partial charge in [0.2, 0.25) is 0 Å². The standard InChI is InChI=1S/C15H16ClNO/c1-11-3-8-14(18-2)9-15(11)17-10-12-4-6-13(16)7-5-12/h3-9,17H,10H2,1-2H3. The van der Waals surface area contributed by atoms with Gasteiger partial charge in [-0.05, 0) is 36.2 Å². The molecule has 2 aromatic rings. The Labute approximate surface area is 113 Å². The van der Waals surface area contributed by atoms with Gasteiger partial charge < -0.3 is 10.1 Å². The van der Waals surface area contributed by atoms with E-state index in [0.717, 1.165) is 23.0 Å². The zero-order chi connectivity index (χ0) is 13.0. The van der Waals surface area contributed by atoms with E-state index in [1.807, 2.05) is 42.5 Å². The molecule has 0 aliphatic carbocycles. The number of rotatable bonds is 4. The Morgan fingerprint density at radius 1 is 1.11 bits per heavy atom. The van der Waals surface area contributed by atoms with Gasteiger partial charge in [0.05, 0.1) is 7.11 Å². The van der Waals surface area contributed by atoms with Crippen LogP contribution in [0.15, 0.2) is 42.5 Å². The second kappa shape index (κ2) is 5.78. The van der Waals surface area contributed by atoms with Crippen LogP contribution in [0.3, 0.4) is 0 Å². The number of ether oxygens (including phenoxy) is 1. The van der Waals surface area contributed by atoms with Crippen LogP contribution in [0.5, 0.6) is 5.75 Å². The number of nitrogens with one attached hydrogen (secondary N) is 1. The molecule has 0 saturated heterocycles. The number of methoxy groups -OCH3 is 1. The van der Waals surface area contributed by atoms with Crippen molar-refractivity contribution in [3.8, 4) is 5.75 Å². The number of benzene rings is 2. The molecule has 0 fully saturated rings. The third kappa shape index (κ3) is 3.17. The minimum Gasteiger partial charge on any atom is -0.497 e. The highest BCUT2D eigenvalue weighted by atomic mass is 35.5. The fourth-order valence-electron chi connectivity index (χ4n) is 1.72. The summed E-state index contributed by atoms with van der Waals surface area (Å²) in [5.41, 5.74) is 3.48. The maximum absolute atomic E-state index is 5.86. The molecule has 0 atom stereocenters. The van der Waals surface area contributed by atoms with Crippen LogP contribution < -0.4 is 10.1 Å². The Hall–Kier alpha value is -1.67. The molecule has 0 unspecified atom stereocenters. The summed E-state index contributed by atoms with van der Waals surface area (Å²) in [5, 5.41) is 4.16. The zero-order valence-corrected chi connectivity index (χ0v) is 11.3. The van der Waals surface area contributed by atoms with E-state index in [9.17, 15) is 0 Å². The van der Waals surface area contributed by atoms with Gasteiger partial charge in [-0.25, -0.2) is 0 Å². The van der Waals surface area contributed by atoms with E-state index < -0.39 is 0 Å². The normalized spacial score (nSPS) is 10.2. The third-order valence-electron chi connectivity index (χ3n) is 2.84. The van der Waals surface area contributed by atoms with Crippen LogP contribution in [0.1, 0.15) is 11.1 Å². The fraction of sp³-hybridized carbons (Fsp3) is 0.200. The van der Waals surface area contributed by atoms with E-state index >= 15 is 0 Å². The van der Waals surface area contributed by atoms with Crippen molar-refractivity contribution in [2.45, 2.75) is 13.5 Å². The van der Waals surface area contributed by atoms with Crippen molar-refractivity contribution in [1.29, 1.82) is 0 Å². The highest BCUT2D eigenvalue weighted by Gasteiger charge is 2.00. The predicted molar refractivity (Wildman–Crippen MR) is 76.5 cm³/mol. The number of hydrogen-bond donors (Lipinski definition) is 1. The van der Waals surface area contributed by atoms with Gasteiger partial charge in [-0.15, -0.1) is 0 Å². The van der Waals surface area contributed by atoms with E-state index in [1.54, 1.807) is 7.11 Å². The molecule has 0 heterocycles. The van der Waals surface area contributed by atoms with Crippen LogP contribution in [0.4, 0.5) is 5.69 Å². The summed E-state index contributed by atoms with van der Waals surface area (Å²) in [4.78, 5) is 0. The second-order valence-corrected chi connectivity index (χ2v) is 4.60. The topological polar surface area (TPSA) is 21.3 Å². The molecule has 0 amide bonds. The maximum atomic E-state index is 5.86. The minimum atomic E-state index is 0.760. The second-order valence-electron chi connectivity index (χ2n) is 4.16. The molecule has 2 nitrogen and oxygen atoms in total. The molecule has 94 valence electrons. The molecule has 0 aliphatic heterocycles. The average Bonchev–Trinajstić information content (AvgIpc) is 2.40. The Bertz CT molecular complexity index is 523. The van der Waals surface area contributed by atoms with Crippen LogP contribution in [-0.2, 0) is 6.54 Å². The molecule has 0 bridgehead atoms. The van der Waals surface area contributed by atoms with Crippen LogP contribution in [0, 0.1) is 6.92 Å². The molecular weight excluding hydrogens is 246 g/mol. The predicted octanol–water partition coefficient (Wildman–Crippen LogP) is 4.27. The molecular formula is C15H16ClNO. The number of hydrogen-bond acceptors (Lipinski definition) is 2. The molecule has 2 rings (SSSR count).